The minimum Gasteiger partial charge on any atom is -0.354 e. The third-order valence-electron chi connectivity index (χ3n) is 3.32. The van der Waals surface area contributed by atoms with Crippen LogP contribution in [0.25, 0.3) is 11.0 Å². The summed E-state index contributed by atoms with van der Waals surface area (Å²) < 4.78 is 40.2. The van der Waals surface area contributed by atoms with Gasteiger partial charge in [-0.15, -0.1) is 3.89 Å². The number of benzene rings is 1. The number of carbonyl (C=O) groups is 2. The van der Waals surface area contributed by atoms with Crippen molar-refractivity contribution in [3.8, 4) is 0 Å². The minimum atomic E-state index is -4.96. The van der Waals surface area contributed by atoms with Crippen LogP contribution in [0.15, 0.2) is 27.6 Å². The number of hydrogen-bond acceptors (Lipinski definition) is 6. The fourth-order valence-electron chi connectivity index (χ4n) is 2.35. The third-order valence-corrected chi connectivity index (χ3v) is 4.17. The maximum Gasteiger partial charge on any atom is 0.335 e. The van der Waals surface area contributed by atoms with E-state index in [-0.39, 0.29) is 35.4 Å². The van der Waals surface area contributed by atoms with Crippen molar-refractivity contribution in [2.75, 3.05) is 0 Å². The molecule has 1 aliphatic rings. The van der Waals surface area contributed by atoms with Gasteiger partial charge in [0.15, 0.2) is 5.58 Å². The Balaban J connectivity index is 2.14. The number of amides is 2. The molecule has 9 heteroatoms. The number of nitrogens with zero attached hydrogens (tertiary/aromatic N) is 1. The largest absolute Gasteiger partial charge is 0.354 e. The van der Waals surface area contributed by atoms with E-state index >= 15 is 0 Å². The van der Waals surface area contributed by atoms with Gasteiger partial charge in [0.2, 0.25) is 11.8 Å². The molecule has 1 saturated heterocycles. The van der Waals surface area contributed by atoms with Gasteiger partial charge in [0, 0.05) is 11.8 Å². The van der Waals surface area contributed by atoms with Crippen LogP contribution < -0.4 is 5.32 Å². The molecule has 110 valence electrons. The lowest BCUT2D eigenvalue weighted by Gasteiger charge is -2.18. The summed E-state index contributed by atoms with van der Waals surface area (Å²) in [5.41, 5.74) is -0.0415. The Morgan fingerprint density at radius 1 is 1.33 bits per heavy atom. The molecule has 0 radical (unpaired) electrons. The van der Waals surface area contributed by atoms with Crippen LogP contribution in [-0.4, -0.2) is 25.4 Å². The summed E-state index contributed by atoms with van der Waals surface area (Å²) in [5, 5.41) is 6.10. The zero-order chi connectivity index (χ0) is 15.2. The number of hydrogen-bond donors (Lipinski definition) is 1. The van der Waals surface area contributed by atoms with Crippen LogP contribution in [0.4, 0.5) is 3.89 Å². The molecule has 1 unspecified atom stereocenters. The Morgan fingerprint density at radius 3 is 2.76 bits per heavy atom. The summed E-state index contributed by atoms with van der Waals surface area (Å²) in [5.74, 6) is -1.65. The van der Waals surface area contributed by atoms with E-state index in [1.807, 2.05) is 0 Å². The van der Waals surface area contributed by atoms with Crippen molar-refractivity contribution in [1.29, 1.82) is 0 Å². The Hall–Kier alpha value is -2.29. The monoisotopic (exact) mass is 312 g/mol. The SMILES string of the molecule is O=C1CCC(c2noc3c(S(=O)(=O)F)cccc23)C(=O)N1. The van der Waals surface area contributed by atoms with E-state index in [1.165, 1.54) is 12.1 Å². The highest BCUT2D eigenvalue weighted by Crippen LogP contribution is 2.33. The van der Waals surface area contributed by atoms with Gasteiger partial charge in [-0.05, 0) is 18.6 Å². The molecule has 0 aliphatic carbocycles. The molecule has 2 amide bonds. The van der Waals surface area contributed by atoms with Crippen LogP contribution in [0.1, 0.15) is 24.5 Å². The standard InChI is InChI=1S/C12H9FN2O5S/c13-21(18,19)8-3-1-2-6-10(15-20-11(6)8)7-4-5-9(16)14-12(7)17/h1-3,7H,4-5H2,(H,14,16,17). The lowest BCUT2D eigenvalue weighted by Crippen LogP contribution is -2.39. The molecule has 0 spiro atoms. The predicted octanol–water partition coefficient (Wildman–Crippen LogP) is 1.01. The Bertz CT molecular complexity index is 858. The summed E-state index contributed by atoms with van der Waals surface area (Å²) in [6, 6.07) is 3.87. The molecule has 1 atom stereocenters. The van der Waals surface area contributed by atoms with Crippen molar-refractivity contribution >= 4 is 33.0 Å². The molecule has 7 nitrogen and oxygen atoms in total. The van der Waals surface area contributed by atoms with Crippen LogP contribution in [0.5, 0.6) is 0 Å². The third kappa shape index (κ3) is 2.29. The van der Waals surface area contributed by atoms with Gasteiger partial charge in [-0.25, -0.2) is 0 Å². The summed E-state index contributed by atoms with van der Waals surface area (Å²) in [4.78, 5) is 22.3. The van der Waals surface area contributed by atoms with E-state index in [0.717, 1.165) is 6.07 Å². The Labute approximate surface area is 118 Å². The molecule has 1 N–H and O–H groups in total. The van der Waals surface area contributed by atoms with E-state index in [1.54, 1.807) is 0 Å². The average molecular weight is 312 g/mol. The van der Waals surface area contributed by atoms with E-state index in [9.17, 15) is 21.9 Å². The van der Waals surface area contributed by atoms with Crippen LogP contribution in [-0.2, 0) is 19.8 Å². The molecule has 2 aromatic rings. The van der Waals surface area contributed by atoms with E-state index < -0.39 is 26.9 Å². The van der Waals surface area contributed by atoms with Crippen molar-refractivity contribution in [2.45, 2.75) is 23.7 Å². The zero-order valence-electron chi connectivity index (χ0n) is 10.5. The van der Waals surface area contributed by atoms with Crippen molar-refractivity contribution in [3.05, 3.63) is 23.9 Å². The maximum absolute atomic E-state index is 13.2. The highest BCUT2D eigenvalue weighted by atomic mass is 32.3. The molecule has 3 rings (SSSR count). The Kier molecular flexibility index (Phi) is 3.01. The van der Waals surface area contributed by atoms with Crippen molar-refractivity contribution in [3.63, 3.8) is 0 Å². The molecule has 0 saturated carbocycles. The topological polar surface area (TPSA) is 106 Å². The number of para-hydroxylation sites is 1. The quantitative estimate of drug-likeness (QED) is 0.655. The van der Waals surface area contributed by atoms with Crippen LogP contribution in [0.3, 0.4) is 0 Å². The fraction of sp³-hybridized carbons (Fsp3) is 0.250. The zero-order valence-corrected chi connectivity index (χ0v) is 11.3. The second-order valence-electron chi connectivity index (χ2n) is 4.64. The molecule has 1 fully saturated rings. The van der Waals surface area contributed by atoms with Gasteiger partial charge in [-0.2, -0.15) is 8.42 Å². The first-order valence-corrected chi connectivity index (χ1v) is 7.43. The van der Waals surface area contributed by atoms with Gasteiger partial charge < -0.3 is 4.52 Å². The summed E-state index contributed by atoms with van der Waals surface area (Å²) in [6.07, 6.45) is 0.380. The van der Waals surface area contributed by atoms with Crippen molar-refractivity contribution < 1.29 is 26.4 Å². The van der Waals surface area contributed by atoms with Gasteiger partial charge in [0.1, 0.15) is 10.6 Å². The van der Waals surface area contributed by atoms with Gasteiger partial charge >= 0.3 is 10.2 Å². The molecule has 1 aromatic carbocycles. The minimum absolute atomic E-state index is 0.145. The van der Waals surface area contributed by atoms with Gasteiger partial charge in [0.25, 0.3) is 0 Å². The maximum atomic E-state index is 13.2. The highest BCUT2D eigenvalue weighted by molar-refractivity contribution is 7.86. The van der Waals surface area contributed by atoms with Crippen molar-refractivity contribution in [1.82, 2.24) is 10.5 Å². The van der Waals surface area contributed by atoms with E-state index in [4.69, 9.17) is 4.52 Å². The molecule has 1 aliphatic heterocycles. The number of rotatable bonds is 2. The fourth-order valence-corrected chi connectivity index (χ4v) is 2.96. The number of fused-ring (bicyclic) bond motifs is 1. The molecule has 2 heterocycles. The summed E-state index contributed by atoms with van der Waals surface area (Å²) in [7, 11) is -4.96. The first-order valence-electron chi connectivity index (χ1n) is 6.04. The second-order valence-corrected chi connectivity index (χ2v) is 5.96. The van der Waals surface area contributed by atoms with E-state index in [2.05, 4.69) is 10.5 Å². The van der Waals surface area contributed by atoms with Crippen LogP contribution in [0.2, 0.25) is 0 Å². The van der Waals surface area contributed by atoms with Gasteiger partial charge in [-0.1, -0.05) is 11.2 Å². The van der Waals surface area contributed by atoms with E-state index in [0.29, 0.717) is 0 Å². The van der Waals surface area contributed by atoms with Gasteiger partial charge in [-0.3, -0.25) is 14.9 Å². The normalized spacial score (nSPS) is 19.8. The molecular weight excluding hydrogens is 303 g/mol. The van der Waals surface area contributed by atoms with Crippen molar-refractivity contribution in [2.24, 2.45) is 0 Å². The second kappa shape index (κ2) is 4.62. The Morgan fingerprint density at radius 2 is 2.10 bits per heavy atom. The number of carbonyl (C=O) groups excluding carboxylic acids is 2. The molecular formula is C12H9FN2O5S. The van der Waals surface area contributed by atoms with Crippen LogP contribution in [0, 0.1) is 0 Å². The smallest absolute Gasteiger partial charge is 0.335 e. The summed E-state index contributed by atoms with van der Waals surface area (Å²) >= 11 is 0. The molecule has 0 bridgehead atoms. The van der Waals surface area contributed by atoms with Crippen LogP contribution >= 0.6 is 0 Å². The molecule has 21 heavy (non-hydrogen) atoms. The molecule has 1 aromatic heterocycles. The first-order chi connectivity index (χ1) is 9.88. The lowest BCUT2D eigenvalue weighted by molar-refractivity contribution is -0.134. The first kappa shape index (κ1) is 13.7. The number of aromatic nitrogens is 1. The van der Waals surface area contributed by atoms with Gasteiger partial charge in [0.05, 0.1) is 5.92 Å². The number of piperidine rings is 1. The highest BCUT2D eigenvalue weighted by Gasteiger charge is 2.33. The number of halogens is 1. The predicted molar refractivity (Wildman–Crippen MR) is 67.4 cm³/mol. The summed E-state index contributed by atoms with van der Waals surface area (Å²) in [6.45, 7) is 0. The lowest BCUT2D eigenvalue weighted by atomic mass is 9.93. The number of imide groups is 1. The number of nitrogens with one attached hydrogen (secondary N) is 1. The average Bonchev–Trinajstić information content (AvgIpc) is 2.81.